The quantitative estimate of drug-likeness (QED) is 0.656. The lowest BCUT2D eigenvalue weighted by atomic mass is 10.1. The Morgan fingerprint density at radius 1 is 1.67 bits per heavy atom. The third-order valence-corrected chi connectivity index (χ3v) is 2.50. The van der Waals surface area contributed by atoms with Gasteiger partial charge in [0, 0.05) is 18.7 Å². The van der Waals surface area contributed by atoms with Gasteiger partial charge in [-0.2, -0.15) is 0 Å². The Morgan fingerprint density at radius 3 is 3.25 bits per heavy atom. The van der Waals surface area contributed by atoms with Gasteiger partial charge in [0.15, 0.2) is 5.78 Å². The molecule has 0 saturated carbocycles. The van der Waals surface area contributed by atoms with Crippen molar-refractivity contribution >= 4 is 5.78 Å². The van der Waals surface area contributed by atoms with Gasteiger partial charge in [-0.05, 0) is 18.6 Å². The molecule has 0 bridgehead atoms. The molecule has 2 nitrogen and oxygen atoms in total. The van der Waals surface area contributed by atoms with Crippen LogP contribution in [0.4, 0.5) is 0 Å². The monoisotopic (exact) mass is 163 g/mol. The van der Waals surface area contributed by atoms with Crippen molar-refractivity contribution in [2.24, 2.45) is 0 Å². The standard InChI is InChI=1S/C10H13NO/c1-2-4-8-7-10(12)9-5-3-6-11(8)9/h3,5-6,8H,2,4,7H2,1H3. The lowest BCUT2D eigenvalue weighted by molar-refractivity contribution is 0.0988. The van der Waals surface area contributed by atoms with Gasteiger partial charge in [0.1, 0.15) is 0 Å². The van der Waals surface area contributed by atoms with E-state index in [-0.39, 0.29) is 0 Å². The first-order valence-electron chi connectivity index (χ1n) is 4.53. The lowest BCUT2D eigenvalue weighted by Gasteiger charge is -2.09. The van der Waals surface area contributed by atoms with Gasteiger partial charge >= 0.3 is 0 Å². The molecule has 1 aliphatic rings. The number of fused-ring (bicyclic) bond motifs is 1. The van der Waals surface area contributed by atoms with Crippen LogP contribution in [0.1, 0.15) is 42.7 Å². The van der Waals surface area contributed by atoms with E-state index in [4.69, 9.17) is 0 Å². The normalized spacial score (nSPS) is 21.4. The lowest BCUT2D eigenvalue weighted by Crippen LogP contribution is -2.00. The van der Waals surface area contributed by atoms with Crippen LogP contribution in [0.15, 0.2) is 18.3 Å². The summed E-state index contributed by atoms with van der Waals surface area (Å²) in [6.07, 6.45) is 4.99. The second-order valence-corrected chi connectivity index (χ2v) is 3.37. The molecule has 0 saturated heterocycles. The van der Waals surface area contributed by atoms with E-state index in [1.165, 1.54) is 0 Å². The van der Waals surface area contributed by atoms with E-state index in [9.17, 15) is 4.79 Å². The van der Waals surface area contributed by atoms with Crippen molar-refractivity contribution in [2.45, 2.75) is 32.2 Å². The summed E-state index contributed by atoms with van der Waals surface area (Å²) in [6, 6.07) is 4.31. The van der Waals surface area contributed by atoms with Crippen LogP contribution in [0, 0.1) is 0 Å². The summed E-state index contributed by atoms with van der Waals surface area (Å²) in [6.45, 7) is 2.16. The highest BCUT2D eigenvalue weighted by Gasteiger charge is 2.26. The van der Waals surface area contributed by atoms with E-state index < -0.39 is 0 Å². The Balaban J connectivity index is 2.29. The molecular weight excluding hydrogens is 150 g/mol. The molecule has 2 heteroatoms. The number of hydrogen-bond donors (Lipinski definition) is 0. The first kappa shape index (κ1) is 7.59. The molecule has 1 aromatic rings. The molecule has 1 unspecified atom stereocenters. The van der Waals surface area contributed by atoms with Gasteiger partial charge in [0.05, 0.1) is 5.69 Å². The van der Waals surface area contributed by atoms with E-state index in [0.717, 1.165) is 18.5 Å². The van der Waals surface area contributed by atoms with E-state index in [1.807, 2.05) is 18.3 Å². The maximum atomic E-state index is 11.4. The summed E-state index contributed by atoms with van der Waals surface area (Å²) in [4.78, 5) is 11.4. The van der Waals surface area contributed by atoms with Crippen LogP contribution in [-0.2, 0) is 0 Å². The minimum atomic E-state index is 0.304. The molecule has 2 heterocycles. The first-order chi connectivity index (χ1) is 5.83. The highest BCUT2D eigenvalue weighted by Crippen LogP contribution is 2.29. The van der Waals surface area contributed by atoms with Gasteiger partial charge < -0.3 is 4.57 Å². The summed E-state index contributed by atoms with van der Waals surface area (Å²) in [5, 5.41) is 0. The zero-order valence-electron chi connectivity index (χ0n) is 7.29. The molecule has 0 radical (unpaired) electrons. The second-order valence-electron chi connectivity index (χ2n) is 3.37. The molecule has 0 amide bonds. The Labute approximate surface area is 72.2 Å². The molecular formula is C10H13NO. The van der Waals surface area contributed by atoms with Crippen molar-refractivity contribution in [3.8, 4) is 0 Å². The molecule has 1 atom stereocenters. The van der Waals surface area contributed by atoms with E-state index in [0.29, 0.717) is 18.2 Å². The number of aromatic nitrogens is 1. The highest BCUT2D eigenvalue weighted by molar-refractivity contribution is 5.97. The number of hydrogen-bond acceptors (Lipinski definition) is 1. The van der Waals surface area contributed by atoms with Crippen LogP contribution >= 0.6 is 0 Å². The maximum Gasteiger partial charge on any atom is 0.181 e. The fourth-order valence-electron chi connectivity index (χ4n) is 1.94. The smallest absolute Gasteiger partial charge is 0.181 e. The van der Waals surface area contributed by atoms with Crippen LogP contribution in [0.25, 0.3) is 0 Å². The van der Waals surface area contributed by atoms with Gasteiger partial charge in [-0.25, -0.2) is 0 Å². The van der Waals surface area contributed by atoms with Crippen molar-refractivity contribution in [2.75, 3.05) is 0 Å². The summed E-state index contributed by atoms with van der Waals surface area (Å²) < 4.78 is 2.12. The maximum absolute atomic E-state index is 11.4. The predicted octanol–water partition coefficient (Wildman–Crippen LogP) is 2.42. The number of nitrogens with zero attached hydrogens (tertiary/aromatic N) is 1. The van der Waals surface area contributed by atoms with Gasteiger partial charge in [-0.15, -0.1) is 0 Å². The molecule has 0 N–H and O–H groups in total. The predicted molar refractivity (Wildman–Crippen MR) is 47.3 cm³/mol. The van der Waals surface area contributed by atoms with Gasteiger partial charge in [0.2, 0.25) is 0 Å². The summed E-state index contributed by atoms with van der Waals surface area (Å²) in [5.41, 5.74) is 0.897. The van der Waals surface area contributed by atoms with Crippen molar-refractivity contribution in [3.05, 3.63) is 24.0 Å². The summed E-state index contributed by atoms with van der Waals surface area (Å²) in [5.74, 6) is 0.304. The minimum absolute atomic E-state index is 0.304. The SMILES string of the molecule is CCCC1CC(=O)c2cccn21. The van der Waals surface area contributed by atoms with Crippen molar-refractivity contribution < 1.29 is 4.79 Å². The third-order valence-electron chi connectivity index (χ3n) is 2.50. The Hall–Kier alpha value is -1.05. The Bertz CT molecular complexity index is 301. The van der Waals surface area contributed by atoms with Crippen LogP contribution < -0.4 is 0 Å². The average molecular weight is 163 g/mol. The van der Waals surface area contributed by atoms with Gasteiger partial charge in [-0.1, -0.05) is 13.3 Å². The molecule has 0 aliphatic carbocycles. The number of Topliss-reactive ketones (excluding diaryl/α,β-unsaturated/α-hetero) is 1. The number of rotatable bonds is 2. The van der Waals surface area contributed by atoms with Crippen LogP contribution in [0.2, 0.25) is 0 Å². The second kappa shape index (κ2) is 2.77. The highest BCUT2D eigenvalue weighted by atomic mass is 16.1. The zero-order valence-corrected chi connectivity index (χ0v) is 7.29. The van der Waals surface area contributed by atoms with Crippen molar-refractivity contribution in [3.63, 3.8) is 0 Å². The van der Waals surface area contributed by atoms with Crippen LogP contribution in [0.3, 0.4) is 0 Å². The van der Waals surface area contributed by atoms with Crippen LogP contribution in [-0.4, -0.2) is 10.4 Å². The molecule has 0 fully saturated rings. The number of carbonyl (C=O) groups excluding carboxylic acids is 1. The van der Waals surface area contributed by atoms with E-state index in [2.05, 4.69) is 11.5 Å². The molecule has 2 rings (SSSR count). The minimum Gasteiger partial charge on any atom is -0.342 e. The Morgan fingerprint density at radius 2 is 2.50 bits per heavy atom. The molecule has 1 aromatic heterocycles. The zero-order chi connectivity index (χ0) is 8.55. The fraction of sp³-hybridized carbons (Fsp3) is 0.500. The Kier molecular flexibility index (Phi) is 1.75. The third kappa shape index (κ3) is 0.986. The van der Waals surface area contributed by atoms with E-state index in [1.54, 1.807) is 0 Å². The first-order valence-corrected chi connectivity index (χ1v) is 4.53. The molecule has 0 aromatic carbocycles. The summed E-state index contributed by atoms with van der Waals surface area (Å²) >= 11 is 0. The molecule has 0 spiro atoms. The molecule has 64 valence electrons. The molecule has 1 aliphatic heterocycles. The molecule has 12 heavy (non-hydrogen) atoms. The van der Waals surface area contributed by atoms with Crippen LogP contribution in [0.5, 0.6) is 0 Å². The van der Waals surface area contributed by atoms with Gasteiger partial charge in [0.25, 0.3) is 0 Å². The topological polar surface area (TPSA) is 22.0 Å². The van der Waals surface area contributed by atoms with Gasteiger partial charge in [-0.3, -0.25) is 4.79 Å². The number of carbonyl (C=O) groups is 1. The average Bonchev–Trinajstić information content (AvgIpc) is 2.58. The largest absolute Gasteiger partial charge is 0.342 e. The fourth-order valence-corrected chi connectivity index (χ4v) is 1.94. The number of ketones is 1. The summed E-state index contributed by atoms with van der Waals surface area (Å²) in [7, 11) is 0. The van der Waals surface area contributed by atoms with E-state index >= 15 is 0 Å². The van der Waals surface area contributed by atoms with Crippen molar-refractivity contribution in [1.29, 1.82) is 0 Å². The van der Waals surface area contributed by atoms with Crippen molar-refractivity contribution in [1.82, 2.24) is 4.57 Å².